The quantitative estimate of drug-likeness (QED) is 0.780. The van der Waals surface area contributed by atoms with Crippen LogP contribution in [0.5, 0.6) is 0 Å². The summed E-state index contributed by atoms with van der Waals surface area (Å²) in [4.78, 5) is 0. The zero-order valence-corrected chi connectivity index (χ0v) is 9.19. The van der Waals surface area contributed by atoms with E-state index in [1.54, 1.807) is 0 Å². The largest absolute Gasteiger partial charge is 0.382 e. The minimum atomic E-state index is -0.538. The molecule has 1 aromatic rings. The molecule has 0 radical (unpaired) electrons. The van der Waals surface area contributed by atoms with Gasteiger partial charge in [-0.3, -0.25) is 0 Å². The third-order valence-corrected chi connectivity index (χ3v) is 2.36. The number of hydrogen-bond donors (Lipinski definition) is 1. The molecule has 0 aliphatic rings. The van der Waals surface area contributed by atoms with Crippen molar-refractivity contribution in [2.75, 3.05) is 5.32 Å². The second kappa shape index (κ2) is 5.69. The van der Waals surface area contributed by atoms with Crippen LogP contribution in [0.2, 0.25) is 0 Å². The summed E-state index contributed by atoms with van der Waals surface area (Å²) < 4.78 is 25.8. The van der Waals surface area contributed by atoms with E-state index >= 15 is 0 Å². The molecule has 0 aliphatic carbocycles. The van der Waals surface area contributed by atoms with Crippen molar-refractivity contribution in [1.29, 1.82) is 0 Å². The van der Waals surface area contributed by atoms with Gasteiger partial charge in [-0.25, -0.2) is 8.78 Å². The van der Waals surface area contributed by atoms with Gasteiger partial charge in [0.15, 0.2) is 0 Å². The first-order valence-corrected chi connectivity index (χ1v) is 5.38. The Morgan fingerprint density at radius 2 is 1.73 bits per heavy atom. The minimum absolute atomic E-state index is 0.288. The predicted octanol–water partition coefficient (Wildman–Crippen LogP) is 3.96. The summed E-state index contributed by atoms with van der Waals surface area (Å²) in [5.74, 6) is -1.08. The molecule has 1 unspecified atom stereocenters. The van der Waals surface area contributed by atoms with Gasteiger partial charge in [-0.15, -0.1) is 0 Å². The zero-order chi connectivity index (χ0) is 11.3. The van der Waals surface area contributed by atoms with Gasteiger partial charge in [-0.2, -0.15) is 0 Å². The lowest BCUT2D eigenvalue weighted by Crippen LogP contribution is -2.18. The van der Waals surface area contributed by atoms with Crippen LogP contribution in [0, 0.1) is 11.6 Å². The average Bonchev–Trinajstić information content (AvgIpc) is 2.15. The van der Waals surface area contributed by atoms with Gasteiger partial charge in [0.05, 0.1) is 0 Å². The van der Waals surface area contributed by atoms with Gasteiger partial charge in [0.1, 0.15) is 11.6 Å². The van der Waals surface area contributed by atoms with Crippen LogP contribution in [-0.2, 0) is 0 Å². The molecule has 3 heteroatoms. The topological polar surface area (TPSA) is 12.0 Å². The molecule has 0 heterocycles. The highest BCUT2D eigenvalue weighted by Gasteiger charge is 2.06. The SMILES string of the molecule is CCCC(CC)Nc1cc(F)cc(F)c1. The summed E-state index contributed by atoms with van der Waals surface area (Å²) in [6.07, 6.45) is 3.02. The number of nitrogens with one attached hydrogen (secondary N) is 1. The normalized spacial score (nSPS) is 12.5. The molecule has 84 valence electrons. The van der Waals surface area contributed by atoms with Crippen LogP contribution >= 0.6 is 0 Å². The molecule has 0 amide bonds. The highest BCUT2D eigenvalue weighted by Crippen LogP contribution is 2.16. The molecule has 1 aromatic carbocycles. The Hall–Kier alpha value is -1.12. The maximum Gasteiger partial charge on any atom is 0.128 e. The lowest BCUT2D eigenvalue weighted by Gasteiger charge is -2.17. The molecule has 0 spiro atoms. The molecule has 0 fully saturated rings. The molecule has 1 N–H and O–H groups in total. The molecule has 0 saturated heterocycles. The van der Waals surface area contributed by atoms with Crippen molar-refractivity contribution >= 4 is 5.69 Å². The van der Waals surface area contributed by atoms with E-state index in [1.165, 1.54) is 12.1 Å². The highest BCUT2D eigenvalue weighted by atomic mass is 19.1. The summed E-state index contributed by atoms with van der Waals surface area (Å²) in [7, 11) is 0. The number of rotatable bonds is 5. The van der Waals surface area contributed by atoms with Crippen LogP contribution in [0.25, 0.3) is 0 Å². The van der Waals surface area contributed by atoms with Gasteiger partial charge in [0.25, 0.3) is 0 Å². The molecule has 1 rings (SSSR count). The van der Waals surface area contributed by atoms with E-state index in [-0.39, 0.29) is 6.04 Å². The second-order valence-electron chi connectivity index (χ2n) is 3.70. The molecule has 1 nitrogen and oxygen atoms in total. The van der Waals surface area contributed by atoms with Gasteiger partial charge >= 0.3 is 0 Å². The first-order chi connectivity index (χ1) is 7.15. The molecular weight excluding hydrogens is 196 g/mol. The van der Waals surface area contributed by atoms with E-state index < -0.39 is 11.6 Å². The zero-order valence-electron chi connectivity index (χ0n) is 9.19. The van der Waals surface area contributed by atoms with E-state index in [2.05, 4.69) is 19.2 Å². The Morgan fingerprint density at radius 3 is 2.20 bits per heavy atom. The van der Waals surface area contributed by atoms with Crippen molar-refractivity contribution in [3.8, 4) is 0 Å². The van der Waals surface area contributed by atoms with E-state index in [1.807, 2.05) is 0 Å². The maximum atomic E-state index is 12.9. The van der Waals surface area contributed by atoms with E-state index in [9.17, 15) is 8.78 Å². The van der Waals surface area contributed by atoms with E-state index in [0.717, 1.165) is 25.3 Å². The number of hydrogen-bond acceptors (Lipinski definition) is 1. The number of benzene rings is 1. The van der Waals surface area contributed by atoms with Crippen LogP contribution in [-0.4, -0.2) is 6.04 Å². The first kappa shape index (κ1) is 12.0. The Morgan fingerprint density at radius 1 is 1.13 bits per heavy atom. The Kier molecular flexibility index (Phi) is 4.53. The minimum Gasteiger partial charge on any atom is -0.382 e. The molecular formula is C12H17F2N. The van der Waals surface area contributed by atoms with Gasteiger partial charge < -0.3 is 5.32 Å². The summed E-state index contributed by atoms with van der Waals surface area (Å²) in [6.45, 7) is 4.15. The lowest BCUT2D eigenvalue weighted by atomic mass is 10.1. The van der Waals surface area contributed by atoms with Crippen LogP contribution in [0.15, 0.2) is 18.2 Å². The second-order valence-corrected chi connectivity index (χ2v) is 3.70. The molecule has 0 saturated carbocycles. The summed E-state index contributed by atoms with van der Waals surface area (Å²) in [5, 5.41) is 3.13. The van der Waals surface area contributed by atoms with Crippen molar-refractivity contribution in [1.82, 2.24) is 0 Å². The maximum absolute atomic E-state index is 12.9. The Balaban J connectivity index is 2.69. The smallest absolute Gasteiger partial charge is 0.128 e. The van der Waals surface area contributed by atoms with E-state index in [4.69, 9.17) is 0 Å². The van der Waals surface area contributed by atoms with Crippen molar-refractivity contribution in [3.63, 3.8) is 0 Å². The third kappa shape index (κ3) is 3.86. The Labute approximate surface area is 89.5 Å². The fourth-order valence-corrected chi connectivity index (χ4v) is 1.60. The van der Waals surface area contributed by atoms with Crippen molar-refractivity contribution < 1.29 is 8.78 Å². The predicted molar refractivity (Wildman–Crippen MR) is 59.0 cm³/mol. The monoisotopic (exact) mass is 213 g/mol. The molecule has 0 aromatic heterocycles. The fraction of sp³-hybridized carbons (Fsp3) is 0.500. The van der Waals surface area contributed by atoms with E-state index in [0.29, 0.717) is 5.69 Å². The first-order valence-electron chi connectivity index (χ1n) is 5.38. The summed E-state index contributed by atoms with van der Waals surface area (Å²) >= 11 is 0. The lowest BCUT2D eigenvalue weighted by molar-refractivity contribution is 0.580. The Bertz CT molecular complexity index is 292. The van der Waals surface area contributed by atoms with Crippen molar-refractivity contribution in [2.24, 2.45) is 0 Å². The van der Waals surface area contributed by atoms with Gasteiger partial charge in [0, 0.05) is 17.8 Å². The van der Waals surface area contributed by atoms with Gasteiger partial charge in [0.2, 0.25) is 0 Å². The third-order valence-electron chi connectivity index (χ3n) is 2.36. The molecule has 15 heavy (non-hydrogen) atoms. The standard InChI is InChI=1S/C12H17F2N/c1-3-5-11(4-2)15-12-7-9(13)6-10(14)8-12/h6-8,11,15H,3-5H2,1-2H3. The van der Waals surface area contributed by atoms with Gasteiger partial charge in [-0.05, 0) is 25.0 Å². The molecule has 0 aliphatic heterocycles. The van der Waals surface area contributed by atoms with Crippen LogP contribution < -0.4 is 5.32 Å². The summed E-state index contributed by atoms with van der Waals surface area (Å²) in [6, 6.07) is 3.81. The summed E-state index contributed by atoms with van der Waals surface area (Å²) in [5.41, 5.74) is 0.521. The van der Waals surface area contributed by atoms with Crippen LogP contribution in [0.1, 0.15) is 33.1 Å². The fourth-order valence-electron chi connectivity index (χ4n) is 1.60. The van der Waals surface area contributed by atoms with Crippen LogP contribution in [0.3, 0.4) is 0 Å². The van der Waals surface area contributed by atoms with Crippen molar-refractivity contribution in [3.05, 3.63) is 29.8 Å². The van der Waals surface area contributed by atoms with Gasteiger partial charge in [-0.1, -0.05) is 20.3 Å². The van der Waals surface area contributed by atoms with Crippen LogP contribution in [0.4, 0.5) is 14.5 Å². The van der Waals surface area contributed by atoms with Crippen molar-refractivity contribution in [2.45, 2.75) is 39.2 Å². The molecule has 0 bridgehead atoms. The average molecular weight is 213 g/mol. The number of halogens is 2. The number of anilines is 1. The molecule has 1 atom stereocenters. The highest BCUT2D eigenvalue weighted by molar-refractivity contribution is 5.44.